The van der Waals surface area contributed by atoms with Crippen LogP contribution in [0.4, 0.5) is 0 Å². The topological polar surface area (TPSA) is 45.6 Å². The maximum absolute atomic E-state index is 9.42. The average molecular weight is 208 g/mol. The SMILES string of the molecule is OC[C@H](c1cccnc1)N1CCOCC1. The van der Waals surface area contributed by atoms with E-state index in [9.17, 15) is 5.11 Å². The molecule has 0 aromatic carbocycles. The number of aliphatic hydroxyl groups excluding tert-OH is 1. The zero-order valence-electron chi connectivity index (χ0n) is 8.67. The summed E-state index contributed by atoms with van der Waals surface area (Å²) in [6.07, 6.45) is 3.56. The van der Waals surface area contributed by atoms with E-state index >= 15 is 0 Å². The van der Waals surface area contributed by atoms with Crippen molar-refractivity contribution >= 4 is 0 Å². The number of aromatic nitrogens is 1. The lowest BCUT2D eigenvalue weighted by Crippen LogP contribution is -2.40. The van der Waals surface area contributed by atoms with Gasteiger partial charge in [-0.25, -0.2) is 0 Å². The van der Waals surface area contributed by atoms with Crippen LogP contribution < -0.4 is 0 Å². The van der Waals surface area contributed by atoms with Gasteiger partial charge in [0, 0.05) is 25.5 Å². The molecule has 4 heteroatoms. The number of hydrogen-bond acceptors (Lipinski definition) is 4. The van der Waals surface area contributed by atoms with Crippen molar-refractivity contribution in [3.8, 4) is 0 Å². The van der Waals surface area contributed by atoms with Crippen LogP contribution in [0.2, 0.25) is 0 Å². The van der Waals surface area contributed by atoms with E-state index in [0.29, 0.717) is 0 Å². The Morgan fingerprint density at radius 3 is 2.87 bits per heavy atom. The van der Waals surface area contributed by atoms with Crippen molar-refractivity contribution in [2.75, 3.05) is 32.9 Å². The highest BCUT2D eigenvalue weighted by Crippen LogP contribution is 2.19. The Morgan fingerprint density at radius 1 is 1.47 bits per heavy atom. The Morgan fingerprint density at radius 2 is 2.27 bits per heavy atom. The van der Waals surface area contributed by atoms with Crippen LogP contribution in [0.15, 0.2) is 24.5 Å². The summed E-state index contributed by atoms with van der Waals surface area (Å²) >= 11 is 0. The number of aliphatic hydroxyl groups is 1. The van der Waals surface area contributed by atoms with Gasteiger partial charge in [0.15, 0.2) is 0 Å². The summed E-state index contributed by atoms with van der Waals surface area (Å²) in [6, 6.07) is 3.96. The molecule has 1 aromatic rings. The van der Waals surface area contributed by atoms with Crippen LogP contribution in [0, 0.1) is 0 Å². The molecule has 0 radical (unpaired) electrons. The second kappa shape index (κ2) is 5.21. The molecule has 1 aliphatic heterocycles. The molecule has 82 valence electrons. The average Bonchev–Trinajstić information content (AvgIpc) is 2.33. The number of pyridine rings is 1. The van der Waals surface area contributed by atoms with Gasteiger partial charge in [-0.3, -0.25) is 9.88 Å². The zero-order chi connectivity index (χ0) is 10.5. The molecule has 1 fully saturated rings. The Bertz CT molecular complexity index is 286. The minimum atomic E-state index is 0.0580. The van der Waals surface area contributed by atoms with Crippen molar-refractivity contribution in [1.29, 1.82) is 0 Å². The van der Waals surface area contributed by atoms with Crippen molar-refractivity contribution in [2.45, 2.75) is 6.04 Å². The molecule has 2 heterocycles. The normalized spacial score (nSPS) is 20.1. The summed E-state index contributed by atoms with van der Waals surface area (Å²) in [5.41, 5.74) is 1.07. The van der Waals surface area contributed by atoms with Crippen LogP contribution in [0.3, 0.4) is 0 Å². The highest BCUT2D eigenvalue weighted by Gasteiger charge is 2.21. The fourth-order valence-corrected chi connectivity index (χ4v) is 1.89. The third-order valence-electron chi connectivity index (χ3n) is 2.73. The molecule has 0 unspecified atom stereocenters. The van der Waals surface area contributed by atoms with E-state index in [1.165, 1.54) is 0 Å². The molecule has 0 spiro atoms. The van der Waals surface area contributed by atoms with Gasteiger partial charge in [-0.1, -0.05) is 6.07 Å². The van der Waals surface area contributed by atoms with Gasteiger partial charge in [0.1, 0.15) is 0 Å². The molecule has 1 N–H and O–H groups in total. The molecule has 2 rings (SSSR count). The van der Waals surface area contributed by atoms with Crippen LogP contribution >= 0.6 is 0 Å². The van der Waals surface area contributed by atoms with E-state index in [-0.39, 0.29) is 12.6 Å². The van der Waals surface area contributed by atoms with Crippen LogP contribution in [0.1, 0.15) is 11.6 Å². The number of nitrogens with zero attached hydrogens (tertiary/aromatic N) is 2. The molecule has 0 aliphatic carbocycles. The summed E-state index contributed by atoms with van der Waals surface area (Å²) in [5.74, 6) is 0. The first-order chi connectivity index (χ1) is 7.42. The first kappa shape index (κ1) is 10.5. The first-order valence-electron chi connectivity index (χ1n) is 5.24. The van der Waals surface area contributed by atoms with Crippen molar-refractivity contribution in [3.05, 3.63) is 30.1 Å². The minimum Gasteiger partial charge on any atom is -0.394 e. The lowest BCUT2D eigenvalue weighted by molar-refractivity contribution is 0.00251. The Labute approximate surface area is 89.5 Å². The number of ether oxygens (including phenoxy) is 1. The van der Waals surface area contributed by atoms with E-state index in [4.69, 9.17) is 4.74 Å². The standard InChI is InChI=1S/C11H16N2O2/c14-9-11(10-2-1-3-12-8-10)13-4-6-15-7-5-13/h1-3,8,11,14H,4-7,9H2/t11-/m1/s1. The summed E-state index contributed by atoms with van der Waals surface area (Å²) < 4.78 is 5.29. The summed E-state index contributed by atoms with van der Waals surface area (Å²) in [7, 11) is 0. The minimum absolute atomic E-state index is 0.0580. The van der Waals surface area contributed by atoms with Gasteiger partial charge < -0.3 is 9.84 Å². The fourth-order valence-electron chi connectivity index (χ4n) is 1.89. The molecular formula is C11H16N2O2. The van der Waals surface area contributed by atoms with E-state index in [0.717, 1.165) is 31.9 Å². The lowest BCUT2D eigenvalue weighted by Gasteiger charge is -2.33. The van der Waals surface area contributed by atoms with E-state index < -0.39 is 0 Å². The van der Waals surface area contributed by atoms with Crippen molar-refractivity contribution in [2.24, 2.45) is 0 Å². The highest BCUT2D eigenvalue weighted by molar-refractivity contribution is 5.14. The zero-order valence-corrected chi connectivity index (χ0v) is 8.67. The maximum atomic E-state index is 9.42. The third-order valence-corrected chi connectivity index (χ3v) is 2.73. The number of morpholine rings is 1. The van der Waals surface area contributed by atoms with Crippen molar-refractivity contribution < 1.29 is 9.84 Å². The summed E-state index contributed by atoms with van der Waals surface area (Å²) in [5, 5.41) is 9.42. The predicted octanol–water partition coefficient (Wildman–Crippen LogP) is 0.447. The van der Waals surface area contributed by atoms with E-state index in [2.05, 4.69) is 9.88 Å². The van der Waals surface area contributed by atoms with Crippen LogP contribution in [-0.2, 0) is 4.74 Å². The Hall–Kier alpha value is -0.970. The van der Waals surface area contributed by atoms with Gasteiger partial charge in [-0.05, 0) is 11.6 Å². The van der Waals surface area contributed by atoms with Gasteiger partial charge in [-0.2, -0.15) is 0 Å². The van der Waals surface area contributed by atoms with Crippen molar-refractivity contribution in [3.63, 3.8) is 0 Å². The quantitative estimate of drug-likeness (QED) is 0.783. The van der Waals surface area contributed by atoms with Crippen LogP contribution in [0.5, 0.6) is 0 Å². The third kappa shape index (κ3) is 2.53. The molecule has 15 heavy (non-hydrogen) atoms. The van der Waals surface area contributed by atoms with Crippen molar-refractivity contribution in [1.82, 2.24) is 9.88 Å². The van der Waals surface area contributed by atoms with Gasteiger partial charge in [0.2, 0.25) is 0 Å². The highest BCUT2D eigenvalue weighted by atomic mass is 16.5. The number of rotatable bonds is 3. The number of hydrogen-bond donors (Lipinski definition) is 1. The lowest BCUT2D eigenvalue weighted by atomic mass is 10.1. The molecule has 1 saturated heterocycles. The molecule has 1 aliphatic rings. The monoisotopic (exact) mass is 208 g/mol. The van der Waals surface area contributed by atoms with Gasteiger partial charge in [-0.15, -0.1) is 0 Å². The first-order valence-corrected chi connectivity index (χ1v) is 5.24. The molecule has 0 saturated carbocycles. The molecular weight excluding hydrogens is 192 g/mol. The van der Waals surface area contributed by atoms with Gasteiger partial charge >= 0.3 is 0 Å². The van der Waals surface area contributed by atoms with Gasteiger partial charge in [0.05, 0.1) is 25.9 Å². The van der Waals surface area contributed by atoms with E-state index in [1.807, 2.05) is 18.3 Å². The fraction of sp³-hybridized carbons (Fsp3) is 0.545. The van der Waals surface area contributed by atoms with Crippen LogP contribution in [0.25, 0.3) is 0 Å². The maximum Gasteiger partial charge on any atom is 0.0629 e. The summed E-state index contributed by atoms with van der Waals surface area (Å²) in [4.78, 5) is 6.32. The molecule has 4 nitrogen and oxygen atoms in total. The Kier molecular flexibility index (Phi) is 3.66. The smallest absolute Gasteiger partial charge is 0.0629 e. The molecule has 1 atom stereocenters. The summed E-state index contributed by atoms with van der Waals surface area (Å²) in [6.45, 7) is 3.37. The van der Waals surface area contributed by atoms with E-state index in [1.54, 1.807) is 6.20 Å². The Balaban J connectivity index is 2.09. The van der Waals surface area contributed by atoms with Crippen LogP contribution in [-0.4, -0.2) is 47.9 Å². The second-order valence-corrected chi connectivity index (χ2v) is 3.63. The molecule has 0 amide bonds. The largest absolute Gasteiger partial charge is 0.394 e. The predicted molar refractivity (Wildman–Crippen MR) is 56.5 cm³/mol. The van der Waals surface area contributed by atoms with Gasteiger partial charge in [0.25, 0.3) is 0 Å². The second-order valence-electron chi connectivity index (χ2n) is 3.63. The molecule has 0 bridgehead atoms. The molecule has 1 aromatic heterocycles.